The SMILES string of the molecule is C[C@@H]1C[C@H]2[C@@H]3CCC4=CC(=O)C=C[C@]4(C)[C@@]3(F)[C@@H](O)C[C@]2(C)[C@@]1(O)C(=O)NCC#N. The molecule has 4 aliphatic carbocycles. The number of nitriles is 1. The number of carbonyl (C=O) groups excluding carboxylic acids is 2. The maximum absolute atomic E-state index is 17.0. The summed E-state index contributed by atoms with van der Waals surface area (Å²) in [5.41, 5.74) is -5.22. The molecule has 3 fully saturated rings. The van der Waals surface area contributed by atoms with Crippen molar-refractivity contribution in [3.05, 3.63) is 23.8 Å². The van der Waals surface area contributed by atoms with Crippen LogP contribution in [0.4, 0.5) is 4.39 Å². The molecular weight excluding hydrogens is 387 g/mol. The number of ketones is 1. The Labute approximate surface area is 175 Å². The van der Waals surface area contributed by atoms with E-state index in [1.807, 2.05) is 6.07 Å². The van der Waals surface area contributed by atoms with E-state index in [9.17, 15) is 19.8 Å². The Morgan fingerprint density at radius 1 is 1.40 bits per heavy atom. The Morgan fingerprint density at radius 3 is 2.77 bits per heavy atom. The van der Waals surface area contributed by atoms with Crippen LogP contribution in [0.5, 0.6) is 0 Å². The van der Waals surface area contributed by atoms with E-state index in [1.165, 1.54) is 12.2 Å². The number of alkyl halides is 1. The number of halogens is 1. The third kappa shape index (κ3) is 2.29. The molecule has 0 bridgehead atoms. The van der Waals surface area contributed by atoms with Gasteiger partial charge in [0.05, 0.1) is 12.2 Å². The van der Waals surface area contributed by atoms with E-state index < -0.39 is 45.9 Å². The Balaban J connectivity index is 1.79. The van der Waals surface area contributed by atoms with Gasteiger partial charge in [0, 0.05) is 16.7 Å². The lowest BCUT2D eigenvalue weighted by Crippen LogP contribution is -2.70. The van der Waals surface area contributed by atoms with Crippen LogP contribution in [0.2, 0.25) is 0 Å². The molecule has 3 N–H and O–H groups in total. The number of aliphatic hydroxyl groups excluding tert-OH is 1. The van der Waals surface area contributed by atoms with Gasteiger partial charge in [-0.25, -0.2) is 4.39 Å². The van der Waals surface area contributed by atoms with E-state index in [0.29, 0.717) is 24.8 Å². The summed E-state index contributed by atoms with van der Waals surface area (Å²) in [7, 11) is 0. The minimum Gasteiger partial charge on any atom is -0.390 e. The average Bonchev–Trinajstić information content (AvgIpc) is 2.89. The Hall–Kier alpha value is -2.04. The fourth-order valence-corrected chi connectivity index (χ4v) is 7.28. The average molecular weight is 416 g/mol. The monoisotopic (exact) mass is 416 g/mol. The van der Waals surface area contributed by atoms with Gasteiger partial charge in [-0.3, -0.25) is 9.59 Å². The van der Waals surface area contributed by atoms with Gasteiger partial charge in [0.2, 0.25) is 0 Å². The zero-order valence-electron chi connectivity index (χ0n) is 17.6. The predicted molar refractivity (Wildman–Crippen MR) is 106 cm³/mol. The summed E-state index contributed by atoms with van der Waals surface area (Å²) in [4.78, 5) is 24.8. The number of nitrogens with one attached hydrogen (secondary N) is 1. The van der Waals surface area contributed by atoms with Crippen LogP contribution in [-0.4, -0.2) is 45.8 Å². The number of nitrogens with zero attached hydrogens (tertiary/aromatic N) is 1. The van der Waals surface area contributed by atoms with Crippen LogP contribution >= 0.6 is 0 Å². The summed E-state index contributed by atoms with van der Waals surface area (Å²) in [5, 5.41) is 34.1. The summed E-state index contributed by atoms with van der Waals surface area (Å²) in [6.07, 6.45) is 4.40. The van der Waals surface area contributed by atoms with Crippen LogP contribution in [0.15, 0.2) is 23.8 Å². The Kier molecular flexibility index (Phi) is 4.58. The second kappa shape index (κ2) is 6.48. The predicted octanol–water partition coefficient (Wildman–Crippen LogP) is 1.97. The minimum absolute atomic E-state index is 0.0733. The lowest BCUT2D eigenvalue weighted by Gasteiger charge is -2.62. The zero-order valence-corrected chi connectivity index (χ0v) is 17.6. The highest BCUT2D eigenvalue weighted by Crippen LogP contribution is 2.70. The van der Waals surface area contributed by atoms with Gasteiger partial charge in [0.15, 0.2) is 17.1 Å². The van der Waals surface area contributed by atoms with Gasteiger partial charge in [-0.1, -0.05) is 25.5 Å². The fraction of sp³-hybridized carbons (Fsp3) is 0.696. The molecule has 0 heterocycles. The van der Waals surface area contributed by atoms with Crippen LogP contribution in [0.25, 0.3) is 0 Å². The number of hydrogen-bond donors (Lipinski definition) is 3. The highest BCUT2D eigenvalue weighted by Gasteiger charge is 2.75. The molecule has 3 saturated carbocycles. The fourth-order valence-electron chi connectivity index (χ4n) is 7.28. The first-order valence-electron chi connectivity index (χ1n) is 10.7. The largest absolute Gasteiger partial charge is 0.390 e. The van der Waals surface area contributed by atoms with Crippen molar-refractivity contribution >= 4 is 11.7 Å². The van der Waals surface area contributed by atoms with E-state index in [2.05, 4.69) is 5.32 Å². The van der Waals surface area contributed by atoms with Crippen molar-refractivity contribution in [2.24, 2.45) is 28.6 Å². The van der Waals surface area contributed by atoms with E-state index >= 15 is 4.39 Å². The number of rotatable bonds is 2. The van der Waals surface area contributed by atoms with Gasteiger partial charge in [-0.15, -0.1) is 0 Å². The number of allylic oxidation sites excluding steroid dienone is 4. The lowest BCUT2D eigenvalue weighted by atomic mass is 9.44. The van der Waals surface area contributed by atoms with Crippen LogP contribution in [0.3, 0.4) is 0 Å². The molecule has 6 nitrogen and oxygen atoms in total. The standard InChI is InChI=1S/C23H29FN2O4/c1-13-10-17-16-5-4-14-11-15(27)6-7-20(14,2)22(16,24)18(28)12-21(17,3)23(13,30)19(29)26-9-8-25/h6-7,11,13,16-18,28,30H,4-5,9-10,12H2,1-3H3,(H,26,29)/t13-,16+,17+,18+,20+,21+,22+,23+/m1/s1. The molecule has 4 rings (SSSR count). The summed E-state index contributed by atoms with van der Waals surface area (Å²) in [6.45, 7) is 5.06. The van der Waals surface area contributed by atoms with Crippen molar-refractivity contribution in [3.8, 4) is 6.07 Å². The van der Waals surface area contributed by atoms with E-state index in [0.717, 1.165) is 0 Å². The van der Waals surface area contributed by atoms with Crippen molar-refractivity contribution in [2.45, 2.75) is 63.8 Å². The zero-order chi connectivity index (χ0) is 22.1. The lowest BCUT2D eigenvalue weighted by molar-refractivity contribution is -0.219. The number of hydrogen-bond acceptors (Lipinski definition) is 5. The molecule has 30 heavy (non-hydrogen) atoms. The Bertz CT molecular complexity index is 909. The molecular formula is C23H29FN2O4. The normalized spacial score (nSPS) is 49.4. The maximum Gasteiger partial charge on any atom is 0.253 e. The minimum atomic E-state index is -1.99. The number of aliphatic hydroxyl groups is 2. The van der Waals surface area contributed by atoms with E-state index in [1.54, 1.807) is 26.8 Å². The number of amides is 1. The molecule has 0 radical (unpaired) electrons. The third-order valence-corrected chi connectivity index (χ3v) is 8.90. The van der Waals surface area contributed by atoms with Crippen molar-refractivity contribution in [1.82, 2.24) is 5.32 Å². The molecule has 7 heteroatoms. The molecule has 0 unspecified atom stereocenters. The summed E-state index contributed by atoms with van der Waals surface area (Å²) in [6, 6.07) is 1.84. The van der Waals surface area contributed by atoms with Crippen molar-refractivity contribution in [2.75, 3.05) is 6.54 Å². The van der Waals surface area contributed by atoms with Gasteiger partial charge in [-0.2, -0.15) is 5.26 Å². The van der Waals surface area contributed by atoms with Gasteiger partial charge in [0.25, 0.3) is 5.91 Å². The first kappa shape index (κ1) is 21.2. The molecule has 162 valence electrons. The van der Waals surface area contributed by atoms with Crippen molar-refractivity contribution < 1.29 is 24.2 Å². The summed E-state index contributed by atoms with van der Waals surface area (Å²) >= 11 is 0. The maximum atomic E-state index is 17.0. The van der Waals surface area contributed by atoms with Crippen LogP contribution < -0.4 is 5.32 Å². The topological polar surface area (TPSA) is 110 Å². The second-order valence-corrected chi connectivity index (χ2v) is 10.0. The molecule has 0 aliphatic heterocycles. The Morgan fingerprint density at radius 2 is 2.10 bits per heavy atom. The van der Waals surface area contributed by atoms with Gasteiger partial charge in [0.1, 0.15) is 6.54 Å². The molecule has 0 aromatic carbocycles. The molecule has 1 amide bonds. The van der Waals surface area contributed by atoms with Gasteiger partial charge < -0.3 is 15.5 Å². The summed E-state index contributed by atoms with van der Waals surface area (Å²) in [5.74, 6) is -2.13. The molecule has 4 aliphatic rings. The molecule has 8 atom stereocenters. The molecule has 0 aromatic rings. The van der Waals surface area contributed by atoms with Crippen molar-refractivity contribution in [1.29, 1.82) is 5.26 Å². The first-order chi connectivity index (χ1) is 14.0. The quantitative estimate of drug-likeness (QED) is 0.596. The first-order valence-corrected chi connectivity index (χ1v) is 10.7. The number of carbonyl (C=O) groups is 2. The second-order valence-electron chi connectivity index (χ2n) is 10.0. The number of fused-ring (bicyclic) bond motifs is 5. The van der Waals surface area contributed by atoms with Crippen LogP contribution in [0.1, 0.15) is 46.5 Å². The highest BCUT2D eigenvalue weighted by atomic mass is 19.1. The molecule has 0 spiro atoms. The van der Waals surface area contributed by atoms with Gasteiger partial charge in [-0.05, 0) is 56.6 Å². The molecule has 0 saturated heterocycles. The highest BCUT2D eigenvalue weighted by molar-refractivity contribution is 6.01. The smallest absolute Gasteiger partial charge is 0.253 e. The van der Waals surface area contributed by atoms with Gasteiger partial charge >= 0.3 is 0 Å². The van der Waals surface area contributed by atoms with Crippen LogP contribution in [0, 0.1) is 39.9 Å². The summed E-state index contributed by atoms with van der Waals surface area (Å²) < 4.78 is 17.0. The van der Waals surface area contributed by atoms with E-state index in [4.69, 9.17) is 5.26 Å². The third-order valence-electron chi connectivity index (χ3n) is 8.90. The van der Waals surface area contributed by atoms with E-state index in [-0.39, 0.29) is 24.7 Å². The van der Waals surface area contributed by atoms with Crippen molar-refractivity contribution in [3.63, 3.8) is 0 Å². The molecule has 0 aromatic heterocycles. The van der Waals surface area contributed by atoms with Crippen LogP contribution in [-0.2, 0) is 9.59 Å².